The van der Waals surface area contributed by atoms with E-state index in [1.54, 1.807) is 0 Å². The number of nitrogens with one attached hydrogen (secondary N) is 2. The number of hydrogen-bond donors (Lipinski definition) is 2. The molecule has 0 aliphatic rings. The molecule has 0 unspecified atom stereocenters. The summed E-state index contributed by atoms with van der Waals surface area (Å²) in [6.07, 6.45) is 1.11. The van der Waals surface area contributed by atoms with Gasteiger partial charge in [-0.1, -0.05) is 41.6 Å². The zero-order valence-corrected chi connectivity index (χ0v) is 15.8. The number of thiophene rings is 1. The second kappa shape index (κ2) is 8.07. The molecule has 0 saturated heterocycles. The normalized spacial score (nSPS) is 10.8. The Morgan fingerprint density at radius 3 is 2.76 bits per heavy atom. The van der Waals surface area contributed by atoms with E-state index in [9.17, 15) is 14.4 Å². The van der Waals surface area contributed by atoms with E-state index in [0.717, 1.165) is 21.2 Å². The maximum Gasteiger partial charge on any atom is 0.328 e. The van der Waals surface area contributed by atoms with Crippen molar-refractivity contribution < 1.29 is 9.32 Å². The average Bonchev–Trinajstić information content (AvgIpc) is 3.42. The number of H-pyrrole nitrogens is 1. The highest BCUT2D eigenvalue weighted by atomic mass is 32.1. The van der Waals surface area contributed by atoms with Crippen LogP contribution >= 0.6 is 11.3 Å². The average molecular weight is 409 g/mol. The fourth-order valence-corrected chi connectivity index (χ4v) is 3.35. The van der Waals surface area contributed by atoms with Crippen LogP contribution in [-0.4, -0.2) is 25.6 Å². The zero-order valence-electron chi connectivity index (χ0n) is 15.0. The molecule has 0 radical (unpaired) electrons. The quantitative estimate of drug-likeness (QED) is 0.499. The standard InChI is InChI=1S/C19H15N5O4S/c25-17(20-10-15-22-16(23-28-15)12-5-2-1-3-6-12)14-9-21-19(27)24(18(14)26)11-13-7-4-8-29-13/h1-9H,10-11H2,(H,20,25)(H,21,27). The number of hydrogen-bond acceptors (Lipinski definition) is 7. The van der Waals surface area contributed by atoms with Gasteiger partial charge in [-0.2, -0.15) is 4.98 Å². The summed E-state index contributed by atoms with van der Waals surface area (Å²) in [6.45, 7) is 0.0409. The van der Waals surface area contributed by atoms with Gasteiger partial charge in [0.2, 0.25) is 11.7 Å². The molecule has 0 aliphatic carbocycles. The van der Waals surface area contributed by atoms with Crippen molar-refractivity contribution in [2.75, 3.05) is 0 Å². The van der Waals surface area contributed by atoms with Crippen molar-refractivity contribution in [2.24, 2.45) is 0 Å². The van der Waals surface area contributed by atoms with E-state index in [-0.39, 0.29) is 24.5 Å². The maximum atomic E-state index is 12.6. The van der Waals surface area contributed by atoms with E-state index in [2.05, 4.69) is 20.4 Å². The van der Waals surface area contributed by atoms with Gasteiger partial charge in [0, 0.05) is 16.6 Å². The molecule has 0 aliphatic heterocycles. The molecule has 0 spiro atoms. The van der Waals surface area contributed by atoms with Gasteiger partial charge < -0.3 is 14.8 Å². The predicted octanol–water partition coefficient (Wildman–Crippen LogP) is 1.63. The van der Waals surface area contributed by atoms with Crippen molar-refractivity contribution in [1.29, 1.82) is 0 Å². The lowest BCUT2D eigenvalue weighted by Gasteiger charge is -2.06. The molecule has 0 saturated carbocycles. The van der Waals surface area contributed by atoms with Gasteiger partial charge in [0.15, 0.2) is 0 Å². The topological polar surface area (TPSA) is 123 Å². The molecule has 4 aromatic rings. The molecule has 0 bridgehead atoms. The Morgan fingerprint density at radius 1 is 1.17 bits per heavy atom. The minimum atomic E-state index is -0.671. The van der Waals surface area contributed by atoms with E-state index in [0.29, 0.717) is 5.82 Å². The molecule has 146 valence electrons. The number of carbonyl (C=O) groups is 1. The van der Waals surface area contributed by atoms with E-state index < -0.39 is 17.2 Å². The largest absolute Gasteiger partial charge is 0.343 e. The van der Waals surface area contributed by atoms with Gasteiger partial charge in [-0.15, -0.1) is 11.3 Å². The minimum Gasteiger partial charge on any atom is -0.343 e. The number of amides is 1. The molecule has 4 rings (SSSR count). The highest BCUT2D eigenvalue weighted by molar-refractivity contribution is 7.09. The fraction of sp³-hybridized carbons (Fsp3) is 0.105. The zero-order chi connectivity index (χ0) is 20.2. The lowest BCUT2D eigenvalue weighted by molar-refractivity contribution is 0.0943. The molecule has 1 aromatic carbocycles. The van der Waals surface area contributed by atoms with Gasteiger partial charge >= 0.3 is 5.69 Å². The summed E-state index contributed by atoms with van der Waals surface area (Å²) in [5.41, 5.74) is -0.644. The van der Waals surface area contributed by atoms with Gasteiger partial charge in [-0.05, 0) is 11.4 Å². The van der Waals surface area contributed by atoms with Crippen molar-refractivity contribution in [3.8, 4) is 11.4 Å². The predicted molar refractivity (Wildman–Crippen MR) is 106 cm³/mol. The van der Waals surface area contributed by atoms with E-state index in [4.69, 9.17) is 4.52 Å². The van der Waals surface area contributed by atoms with Crippen molar-refractivity contribution in [2.45, 2.75) is 13.1 Å². The molecule has 3 aromatic heterocycles. The smallest absolute Gasteiger partial charge is 0.328 e. The first-order valence-electron chi connectivity index (χ1n) is 8.63. The molecule has 0 fully saturated rings. The Labute approximate surface area is 167 Å². The third-order valence-corrected chi connectivity index (χ3v) is 4.96. The number of carbonyl (C=O) groups excluding carboxylic acids is 1. The number of nitrogens with zero attached hydrogens (tertiary/aromatic N) is 3. The molecule has 29 heavy (non-hydrogen) atoms. The maximum absolute atomic E-state index is 12.6. The van der Waals surface area contributed by atoms with Crippen LogP contribution in [0.2, 0.25) is 0 Å². The molecule has 9 nitrogen and oxygen atoms in total. The van der Waals surface area contributed by atoms with Gasteiger partial charge in [-0.3, -0.25) is 14.2 Å². The molecular formula is C19H15N5O4S. The van der Waals surface area contributed by atoms with Crippen LogP contribution in [0.3, 0.4) is 0 Å². The first-order chi connectivity index (χ1) is 14.1. The Hall–Kier alpha value is -3.79. The third-order valence-electron chi connectivity index (χ3n) is 4.10. The van der Waals surface area contributed by atoms with Gasteiger partial charge in [-0.25, -0.2) is 4.79 Å². The first kappa shape index (κ1) is 18.6. The summed E-state index contributed by atoms with van der Waals surface area (Å²) >= 11 is 1.42. The molecule has 10 heteroatoms. The van der Waals surface area contributed by atoms with Crippen molar-refractivity contribution in [3.63, 3.8) is 0 Å². The van der Waals surface area contributed by atoms with Crippen LogP contribution in [0.15, 0.2) is 68.2 Å². The summed E-state index contributed by atoms with van der Waals surface area (Å²) in [6, 6.07) is 12.9. The number of benzene rings is 1. The monoisotopic (exact) mass is 409 g/mol. The van der Waals surface area contributed by atoms with Gasteiger partial charge in [0.1, 0.15) is 5.56 Å². The third kappa shape index (κ3) is 4.06. The second-order valence-corrected chi connectivity index (χ2v) is 7.07. The summed E-state index contributed by atoms with van der Waals surface area (Å²) in [7, 11) is 0. The molecule has 0 atom stereocenters. The van der Waals surface area contributed by atoms with Crippen LogP contribution in [0.25, 0.3) is 11.4 Å². The van der Waals surface area contributed by atoms with Crippen LogP contribution in [0.1, 0.15) is 21.1 Å². The van der Waals surface area contributed by atoms with Crippen LogP contribution < -0.4 is 16.6 Å². The SMILES string of the molecule is O=C(NCc1nc(-c2ccccc2)no1)c1c[nH]c(=O)n(Cc2cccs2)c1=O. The summed E-state index contributed by atoms with van der Waals surface area (Å²) in [5, 5.41) is 8.28. The molecular weight excluding hydrogens is 394 g/mol. The van der Waals surface area contributed by atoms with E-state index in [1.165, 1.54) is 11.3 Å². The van der Waals surface area contributed by atoms with E-state index >= 15 is 0 Å². The lowest BCUT2D eigenvalue weighted by atomic mass is 10.2. The van der Waals surface area contributed by atoms with Gasteiger partial charge in [0.05, 0.1) is 13.1 Å². The summed E-state index contributed by atoms with van der Waals surface area (Å²) in [4.78, 5) is 44.5. The Balaban J connectivity index is 1.49. The molecule has 2 N–H and O–H groups in total. The number of aromatic amines is 1. The summed E-state index contributed by atoms with van der Waals surface area (Å²) in [5.74, 6) is -0.0524. The highest BCUT2D eigenvalue weighted by Gasteiger charge is 2.16. The van der Waals surface area contributed by atoms with Crippen molar-refractivity contribution in [1.82, 2.24) is 25.0 Å². The van der Waals surface area contributed by atoms with Crippen LogP contribution in [0, 0.1) is 0 Å². The van der Waals surface area contributed by atoms with Crippen molar-refractivity contribution >= 4 is 17.2 Å². The summed E-state index contributed by atoms with van der Waals surface area (Å²) < 4.78 is 6.12. The molecule has 1 amide bonds. The second-order valence-electron chi connectivity index (χ2n) is 6.04. The van der Waals surface area contributed by atoms with Crippen LogP contribution in [-0.2, 0) is 13.1 Å². The highest BCUT2D eigenvalue weighted by Crippen LogP contribution is 2.14. The Bertz CT molecular complexity index is 1240. The van der Waals surface area contributed by atoms with Crippen LogP contribution in [0.5, 0.6) is 0 Å². The first-order valence-corrected chi connectivity index (χ1v) is 9.51. The van der Waals surface area contributed by atoms with Crippen LogP contribution in [0.4, 0.5) is 0 Å². The number of aromatic nitrogens is 4. The van der Waals surface area contributed by atoms with Crippen molar-refractivity contribution in [3.05, 3.63) is 91.2 Å². The van der Waals surface area contributed by atoms with Gasteiger partial charge in [0.25, 0.3) is 11.5 Å². The lowest BCUT2D eigenvalue weighted by Crippen LogP contribution is -2.40. The molecule has 3 heterocycles. The number of rotatable bonds is 6. The Morgan fingerprint density at radius 2 is 2.00 bits per heavy atom. The van der Waals surface area contributed by atoms with E-state index in [1.807, 2.05) is 47.8 Å². The Kier molecular flexibility index (Phi) is 5.16. The minimum absolute atomic E-state index is 0.0534. The fourth-order valence-electron chi connectivity index (χ4n) is 2.66.